The van der Waals surface area contributed by atoms with Crippen LogP contribution in [0.1, 0.15) is 31.7 Å². The summed E-state index contributed by atoms with van der Waals surface area (Å²) in [5.41, 5.74) is 1.76. The molecule has 0 spiro atoms. The van der Waals surface area contributed by atoms with Crippen LogP contribution in [-0.4, -0.2) is 33.4 Å². The molecule has 0 atom stereocenters. The topological polar surface area (TPSA) is 70.9 Å². The SMILES string of the molecule is Cc1nnc(NCC(C)(C)CCO)nc1C. The van der Waals surface area contributed by atoms with Gasteiger partial charge >= 0.3 is 0 Å². The van der Waals surface area contributed by atoms with Gasteiger partial charge in [-0.1, -0.05) is 13.8 Å². The van der Waals surface area contributed by atoms with Crippen LogP contribution in [0.15, 0.2) is 0 Å². The Balaban J connectivity index is 2.57. The molecule has 0 aromatic carbocycles. The summed E-state index contributed by atoms with van der Waals surface area (Å²) in [6, 6.07) is 0. The number of anilines is 1. The van der Waals surface area contributed by atoms with Gasteiger partial charge in [-0.15, -0.1) is 5.10 Å². The third-order valence-corrected chi connectivity index (χ3v) is 2.61. The first-order chi connectivity index (χ1) is 7.44. The first kappa shape index (κ1) is 12.8. The van der Waals surface area contributed by atoms with Crippen molar-refractivity contribution in [3.63, 3.8) is 0 Å². The molecule has 5 nitrogen and oxygen atoms in total. The molecule has 1 aromatic heterocycles. The number of hydrogen-bond donors (Lipinski definition) is 2. The van der Waals surface area contributed by atoms with Crippen LogP contribution < -0.4 is 5.32 Å². The van der Waals surface area contributed by atoms with Crippen molar-refractivity contribution in [2.45, 2.75) is 34.1 Å². The zero-order valence-electron chi connectivity index (χ0n) is 10.4. The van der Waals surface area contributed by atoms with Gasteiger partial charge in [0.25, 0.3) is 0 Å². The van der Waals surface area contributed by atoms with Crippen LogP contribution in [0, 0.1) is 19.3 Å². The van der Waals surface area contributed by atoms with Crippen molar-refractivity contribution in [3.05, 3.63) is 11.4 Å². The van der Waals surface area contributed by atoms with Crippen LogP contribution in [0.25, 0.3) is 0 Å². The van der Waals surface area contributed by atoms with Crippen molar-refractivity contribution in [1.29, 1.82) is 0 Å². The molecular formula is C11H20N4O. The summed E-state index contributed by atoms with van der Waals surface area (Å²) >= 11 is 0. The Morgan fingerprint density at radius 1 is 1.19 bits per heavy atom. The van der Waals surface area contributed by atoms with Crippen molar-refractivity contribution in [3.8, 4) is 0 Å². The van der Waals surface area contributed by atoms with Gasteiger partial charge in [0.15, 0.2) is 0 Å². The number of rotatable bonds is 5. The van der Waals surface area contributed by atoms with E-state index < -0.39 is 0 Å². The van der Waals surface area contributed by atoms with Gasteiger partial charge in [0.1, 0.15) is 0 Å². The van der Waals surface area contributed by atoms with Crippen LogP contribution in [0.5, 0.6) is 0 Å². The Morgan fingerprint density at radius 3 is 2.44 bits per heavy atom. The first-order valence-corrected chi connectivity index (χ1v) is 5.47. The summed E-state index contributed by atoms with van der Waals surface area (Å²) in [6.07, 6.45) is 0.748. The number of aliphatic hydroxyl groups excluding tert-OH is 1. The highest BCUT2D eigenvalue weighted by Gasteiger charge is 2.17. The molecule has 0 bridgehead atoms. The highest BCUT2D eigenvalue weighted by molar-refractivity contribution is 5.24. The zero-order valence-corrected chi connectivity index (χ0v) is 10.4. The molecule has 0 aliphatic carbocycles. The van der Waals surface area contributed by atoms with Crippen LogP contribution in [-0.2, 0) is 0 Å². The number of nitrogens with zero attached hydrogens (tertiary/aromatic N) is 3. The number of aromatic nitrogens is 3. The molecule has 1 aromatic rings. The molecule has 1 rings (SSSR count). The summed E-state index contributed by atoms with van der Waals surface area (Å²) in [5.74, 6) is 0.550. The summed E-state index contributed by atoms with van der Waals surface area (Å²) in [6.45, 7) is 8.89. The van der Waals surface area contributed by atoms with E-state index in [4.69, 9.17) is 5.11 Å². The Labute approximate surface area is 96.3 Å². The maximum Gasteiger partial charge on any atom is 0.242 e. The molecule has 0 aliphatic heterocycles. The predicted molar refractivity (Wildman–Crippen MR) is 63.3 cm³/mol. The van der Waals surface area contributed by atoms with E-state index in [9.17, 15) is 0 Å². The lowest BCUT2D eigenvalue weighted by molar-refractivity contribution is 0.220. The summed E-state index contributed by atoms with van der Waals surface area (Å²) < 4.78 is 0. The van der Waals surface area contributed by atoms with Gasteiger partial charge in [0.05, 0.1) is 11.4 Å². The van der Waals surface area contributed by atoms with E-state index in [1.54, 1.807) is 0 Å². The van der Waals surface area contributed by atoms with Gasteiger partial charge in [-0.05, 0) is 25.7 Å². The second-order valence-corrected chi connectivity index (χ2v) is 4.80. The lowest BCUT2D eigenvalue weighted by Crippen LogP contribution is -2.25. The van der Waals surface area contributed by atoms with Gasteiger partial charge in [-0.25, -0.2) is 4.98 Å². The van der Waals surface area contributed by atoms with E-state index in [1.165, 1.54) is 0 Å². The third kappa shape index (κ3) is 3.73. The largest absolute Gasteiger partial charge is 0.396 e. The molecule has 2 N–H and O–H groups in total. The zero-order chi connectivity index (χ0) is 12.2. The van der Waals surface area contributed by atoms with Gasteiger partial charge in [-0.3, -0.25) is 0 Å². The average molecular weight is 224 g/mol. The molecule has 0 saturated heterocycles. The summed E-state index contributed by atoms with van der Waals surface area (Å²) in [5, 5.41) is 20.0. The Kier molecular flexibility index (Phi) is 4.18. The van der Waals surface area contributed by atoms with Crippen molar-refractivity contribution in [2.75, 3.05) is 18.5 Å². The van der Waals surface area contributed by atoms with Crippen molar-refractivity contribution in [2.24, 2.45) is 5.41 Å². The fraction of sp³-hybridized carbons (Fsp3) is 0.727. The smallest absolute Gasteiger partial charge is 0.242 e. The fourth-order valence-corrected chi connectivity index (χ4v) is 1.24. The first-order valence-electron chi connectivity index (χ1n) is 5.47. The molecule has 16 heavy (non-hydrogen) atoms. The van der Waals surface area contributed by atoms with Gasteiger partial charge < -0.3 is 10.4 Å². The predicted octanol–water partition coefficient (Wildman–Crippen LogP) is 1.31. The van der Waals surface area contributed by atoms with Crippen LogP contribution >= 0.6 is 0 Å². The Bertz CT molecular complexity index is 352. The second-order valence-electron chi connectivity index (χ2n) is 4.80. The molecule has 5 heteroatoms. The number of hydrogen-bond acceptors (Lipinski definition) is 5. The Morgan fingerprint density at radius 2 is 1.88 bits per heavy atom. The van der Waals surface area contributed by atoms with E-state index in [-0.39, 0.29) is 12.0 Å². The minimum atomic E-state index is 0.0247. The maximum atomic E-state index is 8.91. The van der Waals surface area contributed by atoms with Gasteiger partial charge in [-0.2, -0.15) is 5.10 Å². The molecule has 0 amide bonds. The number of aliphatic hydroxyl groups is 1. The van der Waals surface area contributed by atoms with Crippen LogP contribution in [0.3, 0.4) is 0 Å². The van der Waals surface area contributed by atoms with E-state index >= 15 is 0 Å². The van der Waals surface area contributed by atoms with E-state index in [0.717, 1.165) is 24.4 Å². The van der Waals surface area contributed by atoms with E-state index in [1.807, 2.05) is 13.8 Å². The Hall–Kier alpha value is -1.23. The molecule has 0 aliphatic rings. The molecule has 0 unspecified atom stereocenters. The van der Waals surface area contributed by atoms with E-state index in [2.05, 4.69) is 34.3 Å². The number of nitrogens with one attached hydrogen (secondary N) is 1. The third-order valence-electron chi connectivity index (χ3n) is 2.61. The highest BCUT2D eigenvalue weighted by Crippen LogP contribution is 2.19. The minimum absolute atomic E-state index is 0.0247. The standard InChI is InChI=1S/C11H20N4O/c1-8-9(2)14-15-10(13-8)12-7-11(3,4)5-6-16/h16H,5-7H2,1-4H3,(H,12,13,15). The minimum Gasteiger partial charge on any atom is -0.396 e. The normalized spacial score (nSPS) is 11.6. The lowest BCUT2D eigenvalue weighted by Gasteiger charge is -2.23. The quantitative estimate of drug-likeness (QED) is 0.789. The molecule has 90 valence electrons. The maximum absolute atomic E-state index is 8.91. The average Bonchev–Trinajstić information content (AvgIpc) is 2.20. The molecule has 0 fully saturated rings. The van der Waals surface area contributed by atoms with Crippen LogP contribution in [0.4, 0.5) is 5.95 Å². The summed E-state index contributed by atoms with van der Waals surface area (Å²) in [4.78, 5) is 4.29. The summed E-state index contributed by atoms with van der Waals surface area (Å²) in [7, 11) is 0. The van der Waals surface area contributed by atoms with Crippen molar-refractivity contribution < 1.29 is 5.11 Å². The number of aryl methyl sites for hydroxylation is 2. The van der Waals surface area contributed by atoms with Gasteiger partial charge in [0.2, 0.25) is 5.95 Å². The molecular weight excluding hydrogens is 204 g/mol. The van der Waals surface area contributed by atoms with Crippen molar-refractivity contribution >= 4 is 5.95 Å². The van der Waals surface area contributed by atoms with E-state index in [0.29, 0.717) is 5.95 Å². The molecule has 0 saturated carbocycles. The second kappa shape index (κ2) is 5.21. The highest BCUT2D eigenvalue weighted by atomic mass is 16.3. The van der Waals surface area contributed by atoms with Crippen molar-refractivity contribution in [1.82, 2.24) is 15.2 Å². The molecule has 0 radical (unpaired) electrons. The van der Waals surface area contributed by atoms with Crippen LogP contribution in [0.2, 0.25) is 0 Å². The lowest BCUT2D eigenvalue weighted by atomic mass is 9.90. The monoisotopic (exact) mass is 224 g/mol. The van der Waals surface area contributed by atoms with Gasteiger partial charge in [0, 0.05) is 13.2 Å². The fourth-order valence-electron chi connectivity index (χ4n) is 1.24. The molecule has 1 heterocycles.